The summed E-state index contributed by atoms with van der Waals surface area (Å²) in [5, 5.41) is 20.6. The molecule has 3 saturated carbocycles. The average Bonchev–Trinajstić information content (AvgIpc) is 2.78. The number of rotatable bonds is 5. The van der Waals surface area contributed by atoms with E-state index in [0.29, 0.717) is 18.8 Å². The lowest BCUT2D eigenvalue weighted by Gasteiger charge is -2.62. The molecule has 4 atom stereocenters. The SMILES string of the molecule is C=C[C@@]12C[C@H]3CC[C@@]1([C@@H](O[Si](C)(C)C(C)(C)C)C3)C(CO)(CO)C(=O)O2. The van der Waals surface area contributed by atoms with Crippen LogP contribution in [-0.4, -0.2) is 49.4 Å². The van der Waals surface area contributed by atoms with Crippen LogP contribution in [0.4, 0.5) is 0 Å². The minimum atomic E-state index is -2.12. The first kappa shape index (κ1) is 20.1. The van der Waals surface area contributed by atoms with Gasteiger partial charge in [0.25, 0.3) is 0 Å². The fourth-order valence-electron chi connectivity index (χ4n) is 5.47. The van der Waals surface area contributed by atoms with Crippen molar-refractivity contribution < 1.29 is 24.2 Å². The number of aliphatic hydroxyl groups excluding tert-OH is 2. The minimum absolute atomic E-state index is 0.0295. The van der Waals surface area contributed by atoms with Crippen molar-refractivity contribution in [2.45, 2.75) is 76.3 Å². The molecule has 6 heteroatoms. The van der Waals surface area contributed by atoms with E-state index in [-0.39, 0.29) is 11.1 Å². The van der Waals surface area contributed by atoms with Crippen molar-refractivity contribution in [2.75, 3.05) is 13.2 Å². The van der Waals surface area contributed by atoms with Crippen LogP contribution < -0.4 is 0 Å². The lowest BCUT2D eigenvalue weighted by atomic mass is 9.44. The number of hydrogen-bond acceptors (Lipinski definition) is 5. The van der Waals surface area contributed by atoms with E-state index in [1.807, 2.05) is 0 Å². The Morgan fingerprint density at radius 3 is 2.46 bits per heavy atom. The van der Waals surface area contributed by atoms with E-state index in [2.05, 4.69) is 40.4 Å². The van der Waals surface area contributed by atoms with Crippen molar-refractivity contribution in [3.05, 3.63) is 12.7 Å². The fourth-order valence-corrected chi connectivity index (χ4v) is 6.84. The van der Waals surface area contributed by atoms with Crippen LogP contribution in [0.25, 0.3) is 0 Å². The molecule has 1 aliphatic heterocycles. The second-order valence-corrected chi connectivity index (χ2v) is 14.8. The molecule has 26 heavy (non-hydrogen) atoms. The van der Waals surface area contributed by atoms with Crippen LogP contribution in [0.2, 0.25) is 18.1 Å². The van der Waals surface area contributed by atoms with E-state index in [9.17, 15) is 15.0 Å². The molecule has 2 bridgehead atoms. The number of fused-ring (bicyclic) bond motifs is 2. The summed E-state index contributed by atoms with van der Waals surface area (Å²) in [5.41, 5.74) is -2.95. The van der Waals surface area contributed by atoms with Gasteiger partial charge < -0.3 is 19.4 Å². The summed E-state index contributed by atoms with van der Waals surface area (Å²) in [6, 6.07) is 0. The molecule has 1 spiro atoms. The van der Waals surface area contributed by atoms with Gasteiger partial charge in [-0.1, -0.05) is 27.4 Å². The van der Waals surface area contributed by atoms with Gasteiger partial charge in [-0.15, -0.1) is 0 Å². The van der Waals surface area contributed by atoms with E-state index in [1.54, 1.807) is 6.08 Å². The highest BCUT2D eigenvalue weighted by molar-refractivity contribution is 6.74. The van der Waals surface area contributed by atoms with Crippen molar-refractivity contribution in [3.8, 4) is 0 Å². The van der Waals surface area contributed by atoms with Gasteiger partial charge in [-0.2, -0.15) is 0 Å². The van der Waals surface area contributed by atoms with Crippen LogP contribution in [0.5, 0.6) is 0 Å². The Morgan fingerprint density at radius 2 is 1.96 bits per heavy atom. The average molecular weight is 383 g/mol. The summed E-state index contributed by atoms with van der Waals surface area (Å²) in [5.74, 6) is -0.0978. The zero-order valence-corrected chi connectivity index (χ0v) is 17.8. The van der Waals surface area contributed by atoms with Crippen LogP contribution >= 0.6 is 0 Å². The van der Waals surface area contributed by atoms with E-state index in [4.69, 9.17) is 9.16 Å². The predicted molar refractivity (Wildman–Crippen MR) is 102 cm³/mol. The van der Waals surface area contributed by atoms with Gasteiger partial charge in [-0.25, -0.2) is 0 Å². The molecule has 4 rings (SSSR count). The molecule has 1 heterocycles. The summed E-state index contributed by atoms with van der Waals surface area (Å²) in [6.07, 6.45) is 4.74. The van der Waals surface area contributed by atoms with Gasteiger partial charge in [0.15, 0.2) is 8.32 Å². The molecule has 2 N–H and O–H groups in total. The van der Waals surface area contributed by atoms with Crippen molar-refractivity contribution in [1.29, 1.82) is 0 Å². The van der Waals surface area contributed by atoms with E-state index in [0.717, 1.165) is 12.8 Å². The van der Waals surface area contributed by atoms with Crippen LogP contribution in [-0.2, 0) is 14.0 Å². The number of esters is 1. The highest BCUT2D eigenvalue weighted by Crippen LogP contribution is 2.70. The zero-order chi connectivity index (χ0) is 19.6. The predicted octanol–water partition coefficient (Wildman–Crippen LogP) is 3.02. The number of carbonyl (C=O) groups is 1. The first-order chi connectivity index (χ1) is 12.0. The second kappa shape index (κ2) is 5.90. The lowest BCUT2D eigenvalue weighted by Crippen LogP contribution is -2.69. The molecule has 0 unspecified atom stereocenters. The molecule has 0 aromatic carbocycles. The highest BCUT2D eigenvalue weighted by Gasteiger charge is 2.79. The number of carbonyl (C=O) groups excluding carboxylic acids is 1. The van der Waals surface area contributed by atoms with E-state index >= 15 is 0 Å². The van der Waals surface area contributed by atoms with Crippen LogP contribution in [0.1, 0.15) is 46.5 Å². The molecule has 0 aromatic rings. The largest absolute Gasteiger partial charge is 0.454 e. The van der Waals surface area contributed by atoms with E-state index < -0.39 is 43.9 Å². The van der Waals surface area contributed by atoms with Gasteiger partial charge >= 0.3 is 5.97 Å². The molecule has 0 aromatic heterocycles. The summed E-state index contributed by atoms with van der Waals surface area (Å²) >= 11 is 0. The topological polar surface area (TPSA) is 76.0 Å². The molecule has 5 nitrogen and oxygen atoms in total. The summed E-state index contributed by atoms with van der Waals surface area (Å²) in [4.78, 5) is 12.9. The third-order valence-corrected chi connectivity index (χ3v) is 12.5. The van der Waals surface area contributed by atoms with Gasteiger partial charge in [-0.3, -0.25) is 4.79 Å². The molecule has 4 fully saturated rings. The fraction of sp³-hybridized carbons (Fsp3) is 0.850. The second-order valence-electron chi connectivity index (χ2n) is 10.1. The molecule has 0 radical (unpaired) electrons. The Balaban J connectivity index is 2.15. The number of hydrogen-bond donors (Lipinski definition) is 2. The molecule has 3 aliphatic carbocycles. The monoisotopic (exact) mass is 382 g/mol. The molecule has 1 saturated heterocycles. The molecule has 148 valence electrons. The standard InChI is InChI=1S/C20H34O5Si/c1-7-19-11-14-8-9-20(19,18(12-21,13-22)16(23)24-19)15(10-14)25-26(5,6)17(2,3)4/h7,14-15,21-22H,1,8-13H2,2-6H3/t14-,15-,19+,20+/m0/s1. The quantitative estimate of drug-likeness (QED) is 0.434. The summed E-state index contributed by atoms with van der Waals surface area (Å²) < 4.78 is 12.8. The number of ether oxygens (including phenoxy) is 1. The first-order valence-electron chi connectivity index (χ1n) is 9.72. The van der Waals surface area contributed by atoms with Gasteiger partial charge in [0.05, 0.1) is 24.7 Å². The Kier molecular flexibility index (Phi) is 4.55. The normalized spacial score (nSPS) is 38.8. The van der Waals surface area contributed by atoms with Crippen molar-refractivity contribution in [2.24, 2.45) is 16.7 Å². The molecule has 4 aliphatic rings. The molecular formula is C20H34O5Si. The summed E-state index contributed by atoms with van der Waals surface area (Å²) in [6.45, 7) is 14.1. The van der Waals surface area contributed by atoms with Crippen molar-refractivity contribution in [3.63, 3.8) is 0 Å². The maximum absolute atomic E-state index is 12.9. The smallest absolute Gasteiger partial charge is 0.318 e. The lowest BCUT2D eigenvalue weighted by molar-refractivity contribution is -0.199. The summed E-state index contributed by atoms with van der Waals surface area (Å²) in [7, 11) is -2.12. The molecular weight excluding hydrogens is 348 g/mol. The van der Waals surface area contributed by atoms with Crippen LogP contribution in [0.15, 0.2) is 12.7 Å². The van der Waals surface area contributed by atoms with Crippen LogP contribution in [0, 0.1) is 16.7 Å². The Bertz CT molecular complexity index is 606. The highest BCUT2D eigenvalue weighted by atomic mass is 28.4. The first-order valence-corrected chi connectivity index (χ1v) is 12.6. The molecule has 0 amide bonds. The number of aliphatic hydroxyl groups is 2. The van der Waals surface area contributed by atoms with Gasteiger partial charge in [0, 0.05) is 0 Å². The van der Waals surface area contributed by atoms with Gasteiger partial charge in [0.2, 0.25) is 0 Å². The Hall–Kier alpha value is -0.693. The van der Waals surface area contributed by atoms with Crippen LogP contribution in [0.3, 0.4) is 0 Å². The van der Waals surface area contributed by atoms with E-state index in [1.165, 1.54) is 0 Å². The van der Waals surface area contributed by atoms with Crippen molar-refractivity contribution in [1.82, 2.24) is 0 Å². The maximum Gasteiger partial charge on any atom is 0.318 e. The Morgan fingerprint density at radius 1 is 1.35 bits per heavy atom. The minimum Gasteiger partial charge on any atom is -0.454 e. The van der Waals surface area contributed by atoms with Crippen molar-refractivity contribution >= 4 is 14.3 Å². The van der Waals surface area contributed by atoms with Gasteiger partial charge in [-0.05, 0) is 55.8 Å². The zero-order valence-electron chi connectivity index (χ0n) is 16.8. The van der Waals surface area contributed by atoms with Gasteiger partial charge in [0.1, 0.15) is 11.0 Å². The third-order valence-electron chi connectivity index (χ3n) is 8.02. The maximum atomic E-state index is 12.9. The Labute approximate surface area is 157 Å². The third kappa shape index (κ3) is 2.22.